The van der Waals surface area contributed by atoms with E-state index in [2.05, 4.69) is 5.32 Å². The Kier molecular flexibility index (Phi) is 5.08. The van der Waals surface area contributed by atoms with E-state index in [1.807, 2.05) is 31.2 Å². The Balaban J connectivity index is 1.60. The molecular weight excluding hydrogens is 336 g/mol. The van der Waals surface area contributed by atoms with Gasteiger partial charge in [-0.1, -0.05) is 35.9 Å². The van der Waals surface area contributed by atoms with Crippen molar-refractivity contribution in [3.05, 3.63) is 60.2 Å². The monoisotopic (exact) mass is 358 g/mol. The molecule has 132 valence electrons. The van der Waals surface area contributed by atoms with Crippen molar-refractivity contribution < 1.29 is 13.2 Å². The summed E-state index contributed by atoms with van der Waals surface area (Å²) in [5, 5.41) is 2.43. The number of urea groups is 1. The number of benzene rings is 2. The van der Waals surface area contributed by atoms with Crippen LogP contribution >= 0.6 is 0 Å². The summed E-state index contributed by atoms with van der Waals surface area (Å²) in [7, 11) is -3.33. The van der Waals surface area contributed by atoms with Gasteiger partial charge in [-0.25, -0.2) is 13.2 Å². The average Bonchev–Trinajstić information content (AvgIpc) is 2.64. The fourth-order valence-corrected chi connectivity index (χ4v) is 4.76. The zero-order valence-corrected chi connectivity index (χ0v) is 15.0. The Morgan fingerprint density at radius 3 is 2.20 bits per heavy atom. The summed E-state index contributed by atoms with van der Waals surface area (Å²) in [4.78, 5) is 14.4. The lowest BCUT2D eigenvalue weighted by molar-refractivity contribution is 0.200. The van der Waals surface area contributed by atoms with Crippen LogP contribution in [0.1, 0.15) is 18.4 Å². The fraction of sp³-hybridized carbons (Fsp3) is 0.316. The maximum Gasteiger partial charge on any atom is 0.321 e. The molecule has 1 heterocycles. The predicted molar refractivity (Wildman–Crippen MR) is 98.4 cm³/mol. The third-order valence-electron chi connectivity index (χ3n) is 4.54. The van der Waals surface area contributed by atoms with E-state index in [1.54, 1.807) is 35.2 Å². The van der Waals surface area contributed by atoms with E-state index in [9.17, 15) is 13.2 Å². The van der Waals surface area contributed by atoms with Gasteiger partial charge in [0, 0.05) is 18.8 Å². The second kappa shape index (κ2) is 7.27. The second-order valence-electron chi connectivity index (χ2n) is 6.34. The number of anilines is 1. The van der Waals surface area contributed by atoms with Gasteiger partial charge < -0.3 is 10.2 Å². The van der Waals surface area contributed by atoms with Gasteiger partial charge in [0.25, 0.3) is 0 Å². The molecule has 1 aliphatic heterocycles. The number of carbonyl (C=O) groups excluding carboxylic acids is 1. The average molecular weight is 358 g/mol. The number of piperidine rings is 1. The summed E-state index contributed by atoms with van der Waals surface area (Å²) in [6, 6.07) is 15.9. The van der Waals surface area contributed by atoms with Crippen LogP contribution in [0.4, 0.5) is 10.5 Å². The summed E-state index contributed by atoms with van der Waals surface area (Å²) in [5.74, 6) is 0. The van der Waals surface area contributed by atoms with Crippen molar-refractivity contribution in [3.63, 3.8) is 0 Å². The highest BCUT2D eigenvalue weighted by Crippen LogP contribution is 2.24. The van der Waals surface area contributed by atoms with Gasteiger partial charge >= 0.3 is 6.03 Å². The first kappa shape index (κ1) is 17.5. The zero-order chi connectivity index (χ0) is 17.9. The molecular formula is C19H22N2O3S. The molecule has 2 aromatic carbocycles. The van der Waals surface area contributed by atoms with E-state index in [-0.39, 0.29) is 6.03 Å². The Morgan fingerprint density at radius 1 is 1.00 bits per heavy atom. The van der Waals surface area contributed by atoms with Gasteiger partial charge in [0.1, 0.15) is 0 Å². The highest BCUT2D eigenvalue weighted by molar-refractivity contribution is 7.92. The third kappa shape index (κ3) is 4.02. The molecule has 0 spiro atoms. The van der Waals surface area contributed by atoms with Crippen LogP contribution in [0.15, 0.2) is 59.5 Å². The van der Waals surface area contributed by atoms with Crippen molar-refractivity contribution in [3.8, 4) is 0 Å². The Bertz CT molecular complexity index is 825. The summed E-state index contributed by atoms with van der Waals surface area (Å²) in [6.45, 7) is 2.87. The molecule has 25 heavy (non-hydrogen) atoms. The molecule has 0 unspecified atom stereocenters. The highest BCUT2D eigenvalue weighted by Gasteiger charge is 2.32. The second-order valence-corrected chi connectivity index (χ2v) is 8.57. The van der Waals surface area contributed by atoms with Crippen molar-refractivity contribution in [1.29, 1.82) is 0 Å². The minimum Gasteiger partial charge on any atom is -0.324 e. The minimum atomic E-state index is -3.33. The summed E-state index contributed by atoms with van der Waals surface area (Å²) < 4.78 is 25.3. The van der Waals surface area contributed by atoms with Crippen molar-refractivity contribution in [2.75, 3.05) is 18.4 Å². The topological polar surface area (TPSA) is 66.5 Å². The lowest BCUT2D eigenvalue weighted by Gasteiger charge is -2.31. The molecule has 2 aromatic rings. The van der Waals surface area contributed by atoms with E-state index in [1.165, 1.54) is 0 Å². The number of amides is 2. The van der Waals surface area contributed by atoms with Gasteiger partial charge in [0.05, 0.1) is 10.1 Å². The fourth-order valence-electron chi connectivity index (χ4n) is 3.01. The summed E-state index contributed by atoms with van der Waals surface area (Å²) in [6.07, 6.45) is 0.914. The maximum atomic E-state index is 12.7. The molecule has 1 N–H and O–H groups in total. The molecule has 3 rings (SSSR count). The van der Waals surface area contributed by atoms with Crippen LogP contribution < -0.4 is 5.32 Å². The first-order valence-corrected chi connectivity index (χ1v) is 9.93. The summed E-state index contributed by atoms with van der Waals surface area (Å²) >= 11 is 0. The molecule has 0 aliphatic carbocycles. The standard InChI is InChI=1S/C19H22N2O3S/c1-15-7-9-16(10-8-15)20-19(22)21-13-11-18(12-14-21)25(23,24)17-5-3-2-4-6-17/h2-10,18H,11-14H2,1H3,(H,20,22). The smallest absolute Gasteiger partial charge is 0.321 e. The lowest BCUT2D eigenvalue weighted by Crippen LogP contribution is -2.44. The molecule has 1 fully saturated rings. The van der Waals surface area contributed by atoms with E-state index in [0.717, 1.165) is 11.3 Å². The van der Waals surface area contributed by atoms with Crippen LogP contribution in [-0.4, -0.2) is 37.7 Å². The molecule has 0 aromatic heterocycles. The number of nitrogens with zero attached hydrogens (tertiary/aromatic N) is 1. The quantitative estimate of drug-likeness (QED) is 0.914. The van der Waals surface area contributed by atoms with Crippen LogP contribution in [0.2, 0.25) is 0 Å². The highest BCUT2D eigenvalue weighted by atomic mass is 32.2. The maximum absolute atomic E-state index is 12.7. The molecule has 0 atom stereocenters. The molecule has 2 amide bonds. The van der Waals surface area contributed by atoms with Gasteiger partial charge in [-0.2, -0.15) is 0 Å². The van der Waals surface area contributed by atoms with E-state index >= 15 is 0 Å². The zero-order valence-electron chi connectivity index (χ0n) is 14.2. The number of carbonyl (C=O) groups is 1. The molecule has 5 nitrogen and oxygen atoms in total. The molecule has 1 aliphatic rings. The van der Waals surface area contributed by atoms with Crippen LogP contribution in [-0.2, 0) is 9.84 Å². The molecule has 0 radical (unpaired) electrons. The molecule has 0 saturated carbocycles. The van der Waals surface area contributed by atoms with Crippen LogP contribution in [0.5, 0.6) is 0 Å². The number of hydrogen-bond acceptors (Lipinski definition) is 3. The van der Waals surface area contributed by atoms with Crippen molar-refractivity contribution in [1.82, 2.24) is 4.90 Å². The van der Waals surface area contributed by atoms with Crippen LogP contribution in [0.3, 0.4) is 0 Å². The van der Waals surface area contributed by atoms with Crippen molar-refractivity contribution >= 4 is 21.6 Å². The largest absolute Gasteiger partial charge is 0.324 e. The summed E-state index contributed by atoms with van der Waals surface area (Å²) in [5.41, 5.74) is 1.87. The van der Waals surface area contributed by atoms with E-state index in [4.69, 9.17) is 0 Å². The van der Waals surface area contributed by atoms with Crippen molar-refractivity contribution in [2.24, 2.45) is 0 Å². The van der Waals surface area contributed by atoms with Crippen LogP contribution in [0, 0.1) is 6.92 Å². The molecule has 0 bridgehead atoms. The van der Waals surface area contributed by atoms with E-state index in [0.29, 0.717) is 30.8 Å². The van der Waals surface area contributed by atoms with Gasteiger partial charge in [-0.15, -0.1) is 0 Å². The normalized spacial score (nSPS) is 15.8. The number of hydrogen-bond donors (Lipinski definition) is 1. The lowest BCUT2D eigenvalue weighted by atomic mass is 10.1. The minimum absolute atomic E-state index is 0.181. The Labute approximate surface area is 148 Å². The predicted octanol–water partition coefficient (Wildman–Crippen LogP) is 3.47. The molecule has 1 saturated heterocycles. The number of rotatable bonds is 3. The third-order valence-corrected chi connectivity index (χ3v) is 6.82. The van der Waals surface area contributed by atoms with Crippen molar-refractivity contribution in [2.45, 2.75) is 29.9 Å². The van der Waals surface area contributed by atoms with Gasteiger partial charge in [-0.05, 0) is 44.0 Å². The van der Waals surface area contributed by atoms with Gasteiger partial charge in [-0.3, -0.25) is 0 Å². The van der Waals surface area contributed by atoms with Gasteiger partial charge in [0.2, 0.25) is 0 Å². The number of aryl methyl sites for hydroxylation is 1. The first-order chi connectivity index (χ1) is 12.0. The first-order valence-electron chi connectivity index (χ1n) is 8.38. The number of likely N-dealkylation sites (tertiary alicyclic amines) is 1. The Hall–Kier alpha value is -2.34. The Morgan fingerprint density at radius 2 is 1.60 bits per heavy atom. The number of nitrogens with one attached hydrogen (secondary N) is 1. The SMILES string of the molecule is Cc1ccc(NC(=O)N2CCC(S(=O)(=O)c3ccccc3)CC2)cc1. The van der Waals surface area contributed by atoms with Crippen LogP contribution in [0.25, 0.3) is 0 Å². The molecule has 6 heteroatoms. The van der Waals surface area contributed by atoms with Gasteiger partial charge in [0.15, 0.2) is 9.84 Å². The number of sulfone groups is 1. The van der Waals surface area contributed by atoms with E-state index < -0.39 is 15.1 Å².